The molecule has 1 saturated heterocycles. The molecule has 0 aromatic carbocycles. The summed E-state index contributed by atoms with van der Waals surface area (Å²) in [4.78, 5) is 14.8. The number of carbonyl (C=O) groups is 1. The molecule has 3 rings (SSSR count). The van der Waals surface area contributed by atoms with Gasteiger partial charge in [0.05, 0.1) is 6.04 Å². The molecule has 1 unspecified atom stereocenters. The van der Waals surface area contributed by atoms with E-state index in [2.05, 4.69) is 17.1 Å². The Morgan fingerprint density at radius 2 is 1.84 bits per heavy atom. The molecule has 3 heteroatoms. The summed E-state index contributed by atoms with van der Waals surface area (Å²) in [6.45, 7) is 3.30. The second kappa shape index (κ2) is 5.82. The zero-order valence-electron chi connectivity index (χ0n) is 12.2. The summed E-state index contributed by atoms with van der Waals surface area (Å²) < 4.78 is 0. The molecule has 108 valence electrons. The number of hydrogen-bond donors (Lipinski definition) is 1. The van der Waals surface area contributed by atoms with Crippen molar-refractivity contribution < 1.29 is 4.79 Å². The highest BCUT2D eigenvalue weighted by Gasteiger charge is 2.37. The predicted octanol–water partition coefficient (Wildman–Crippen LogP) is 2.70. The average molecular weight is 264 g/mol. The summed E-state index contributed by atoms with van der Waals surface area (Å²) in [6.07, 6.45) is 11.2. The van der Waals surface area contributed by atoms with Crippen LogP contribution >= 0.6 is 0 Å². The first-order valence-electron chi connectivity index (χ1n) is 8.34. The number of piperidine rings is 1. The van der Waals surface area contributed by atoms with Gasteiger partial charge in [-0.1, -0.05) is 13.3 Å². The van der Waals surface area contributed by atoms with E-state index < -0.39 is 0 Å². The number of hydrogen-bond acceptors (Lipinski definition) is 2. The van der Waals surface area contributed by atoms with Crippen molar-refractivity contribution >= 4 is 5.91 Å². The van der Waals surface area contributed by atoms with Crippen LogP contribution in [0.1, 0.15) is 64.7 Å². The minimum Gasteiger partial charge on any atom is -0.338 e. The minimum absolute atomic E-state index is 0.130. The second-order valence-corrected chi connectivity index (χ2v) is 6.75. The van der Waals surface area contributed by atoms with E-state index in [1.807, 2.05) is 0 Å². The van der Waals surface area contributed by atoms with E-state index in [9.17, 15) is 4.79 Å². The van der Waals surface area contributed by atoms with Gasteiger partial charge in [0.1, 0.15) is 0 Å². The van der Waals surface area contributed by atoms with E-state index in [0.717, 1.165) is 18.9 Å². The molecule has 19 heavy (non-hydrogen) atoms. The number of amides is 1. The summed E-state index contributed by atoms with van der Waals surface area (Å²) in [5.74, 6) is 1.31. The summed E-state index contributed by atoms with van der Waals surface area (Å²) in [6, 6.07) is 1.31. The molecule has 0 aromatic heterocycles. The van der Waals surface area contributed by atoms with Gasteiger partial charge < -0.3 is 10.2 Å². The van der Waals surface area contributed by atoms with Gasteiger partial charge in [-0.15, -0.1) is 0 Å². The maximum atomic E-state index is 12.6. The third-order valence-corrected chi connectivity index (χ3v) is 5.32. The van der Waals surface area contributed by atoms with Crippen molar-refractivity contribution in [3.8, 4) is 0 Å². The van der Waals surface area contributed by atoms with Crippen LogP contribution < -0.4 is 5.32 Å². The second-order valence-electron chi connectivity index (χ2n) is 6.75. The zero-order valence-corrected chi connectivity index (χ0v) is 12.2. The highest BCUT2D eigenvalue weighted by molar-refractivity contribution is 5.83. The van der Waals surface area contributed by atoms with Crippen molar-refractivity contribution in [3.05, 3.63) is 0 Å². The van der Waals surface area contributed by atoms with Gasteiger partial charge >= 0.3 is 0 Å². The van der Waals surface area contributed by atoms with Crippen LogP contribution in [0.4, 0.5) is 0 Å². The smallest absolute Gasteiger partial charge is 0.239 e. The molecule has 3 nitrogen and oxygen atoms in total. The van der Waals surface area contributed by atoms with Gasteiger partial charge in [-0.05, 0) is 57.3 Å². The molecule has 1 heterocycles. The van der Waals surface area contributed by atoms with Crippen LogP contribution in [-0.2, 0) is 4.79 Å². The standard InChI is InChI=1S/C16H28N2O/c1-2-12-5-9-14(10-6-12)18-11-3-4-15(16(18)19)17-13-7-8-13/h12-15,17H,2-11H2,1H3. The summed E-state index contributed by atoms with van der Waals surface area (Å²) in [7, 11) is 0. The Hall–Kier alpha value is -0.570. The average Bonchev–Trinajstić information content (AvgIpc) is 3.25. The topological polar surface area (TPSA) is 32.3 Å². The third kappa shape index (κ3) is 3.13. The van der Waals surface area contributed by atoms with Crippen molar-refractivity contribution in [1.82, 2.24) is 10.2 Å². The first-order chi connectivity index (χ1) is 9.28. The lowest BCUT2D eigenvalue weighted by molar-refractivity contribution is -0.139. The Labute approximate surface area is 117 Å². The molecular weight excluding hydrogens is 236 g/mol. The van der Waals surface area contributed by atoms with Crippen LogP contribution in [-0.4, -0.2) is 35.5 Å². The number of carbonyl (C=O) groups excluding carboxylic acids is 1. The molecule has 2 aliphatic carbocycles. The fourth-order valence-corrected chi connectivity index (χ4v) is 3.82. The van der Waals surface area contributed by atoms with Crippen LogP contribution in [0.25, 0.3) is 0 Å². The first-order valence-corrected chi connectivity index (χ1v) is 8.34. The molecule has 0 aromatic rings. The summed E-state index contributed by atoms with van der Waals surface area (Å²) >= 11 is 0. The summed E-state index contributed by atoms with van der Waals surface area (Å²) in [5.41, 5.74) is 0. The van der Waals surface area contributed by atoms with Crippen molar-refractivity contribution in [3.63, 3.8) is 0 Å². The van der Waals surface area contributed by atoms with Crippen molar-refractivity contribution in [1.29, 1.82) is 0 Å². The molecule has 1 atom stereocenters. The number of likely N-dealkylation sites (tertiary alicyclic amines) is 1. The number of nitrogens with one attached hydrogen (secondary N) is 1. The lowest BCUT2D eigenvalue weighted by atomic mass is 9.83. The van der Waals surface area contributed by atoms with Gasteiger partial charge in [0, 0.05) is 18.6 Å². The Morgan fingerprint density at radius 1 is 1.11 bits per heavy atom. The van der Waals surface area contributed by atoms with Crippen LogP contribution in [0.2, 0.25) is 0 Å². The molecule has 3 fully saturated rings. The molecule has 1 aliphatic heterocycles. The van der Waals surface area contributed by atoms with Crippen LogP contribution in [0.3, 0.4) is 0 Å². The Kier molecular flexibility index (Phi) is 4.11. The molecule has 0 spiro atoms. The van der Waals surface area contributed by atoms with E-state index in [1.165, 1.54) is 51.4 Å². The van der Waals surface area contributed by atoms with Crippen molar-refractivity contribution in [2.75, 3.05) is 6.54 Å². The fraction of sp³-hybridized carbons (Fsp3) is 0.938. The van der Waals surface area contributed by atoms with Crippen LogP contribution in [0.15, 0.2) is 0 Å². The van der Waals surface area contributed by atoms with Gasteiger partial charge in [-0.3, -0.25) is 4.79 Å². The predicted molar refractivity (Wildman–Crippen MR) is 76.9 cm³/mol. The fourth-order valence-electron chi connectivity index (χ4n) is 3.82. The Morgan fingerprint density at radius 3 is 2.47 bits per heavy atom. The highest BCUT2D eigenvalue weighted by Crippen LogP contribution is 2.31. The normalized spacial score (nSPS) is 36.6. The van der Waals surface area contributed by atoms with E-state index >= 15 is 0 Å². The van der Waals surface area contributed by atoms with Gasteiger partial charge in [0.25, 0.3) is 0 Å². The molecule has 0 radical (unpaired) electrons. The lowest BCUT2D eigenvalue weighted by Gasteiger charge is -2.41. The van der Waals surface area contributed by atoms with Crippen LogP contribution in [0, 0.1) is 5.92 Å². The quantitative estimate of drug-likeness (QED) is 0.846. The molecular formula is C16H28N2O. The summed E-state index contributed by atoms with van der Waals surface area (Å²) in [5, 5.41) is 3.54. The Bertz CT molecular complexity index is 319. The SMILES string of the molecule is CCC1CCC(N2CCCC(NC3CC3)C2=O)CC1. The van der Waals surface area contributed by atoms with Crippen molar-refractivity contribution in [2.45, 2.75) is 82.8 Å². The van der Waals surface area contributed by atoms with Gasteiger partial charge in [0.2, 0.25) is 5.91 Å². The van der Waals surface area contributed by atoms with Crippen LogP contribution in [0.5, 0.6) is 0 Å². The molecule has 2 saturated carbocycles. The van der Waals surface area contributed by atoms with Gasteiger partial charge in [0.15, 0.2) is 0 Å². The monoisotopic (exact) mass is 264 g/mol. The van der Waals surface area contributed by atoms with E-state index in [4.69, 9.17) is 0 Å². The molecule has 1 amide bonds. The van der Waals surface area contributed by atoms with Gasteiger partial charge in [-0.25, -0.2) is 0 Å². The molecule has 3 aliphatic rings. The Balaban J connectivity index is 1.55. The number of nitrogens with zero attached hydrogens (tertiary/aromatic N) is 1. The van der Waals surface area contributed by atoms with Crippen molar-refractivity contribution in [2.24, 2.45) is 5.92 Å². The molecule has 0 bridgehead atoms. The largest absolute Gasteiger partial charge is 0.338 e. The van der Waals surface area contributed by atoms with Gasteiger partial charge in [-0.2, -0.15) is 0 Å². The zero-order chi connectivity index (χ0) is 13.2. The maximum Gasteiger partial charge on any atom is 0.239 e. The van der Waals surface area contributed by atoms with E-state index in [1.54, 1.807) is 0 Å². The lowest BCUT2D eigenvalue weighted by Crippen LogP contribution is -2.55. The van der Waals surface area contributed by atoms with E-state index in [-0.39, 0.29) is 6.04 Å². The highest BCUT2D eigenvalue weighted by atomic mass is 16.2. The third-order valence-electron chi connectivity index (χ3n) is 5.32. The number of rotatable bonds is 4. The molecule has 1 N–H and O–H groups in total. The maximum absolute atomic E-state index is 12.6. The minimum atomic E-state index is 0.130. The first kappa shape index (κ1) is 13.4. The van der Waals surface area contributed by atoms with E-state index in [0.29, 0.717) is 18.0 Å².